The van der Waals surface area contributed by atoms with Gasteiger partial charge in [-0.25, -0.2) is 4.98 Å². The van der Waals surface area contributed by atoms with Crippen molar-refractivity contribution >= 4 is 40.8 Å². The zero-order valence-electron chi connectivity index (χ0n) is 19.9. The molecule has 178 valence electrons. The highest BCUT2D eigenvalue weighted by Gasteiger charge is 2.38. The molecule has 31 heavy (non-hydrogen) atoms. The lowest BCUT2D eigenvalue weighted by Gasteiger charge is -2.38. The third-order valence-electron chi connectivity index (χ3n) is 6.23. The van der Waals surface area contributed by atoms with E-state index < -0.39 is 18.4 Å². The van der Waals surface area contributed by atoms with Gasteiger partial charge in [0.25, 0.3) is 16.0 Å². The summed E-state index contributed by atoms with van der Waals surface area (Å²) < 4.78 is 33.8. The average Bonchev–Trinajstić information content (AvgIpc) is 3.08. The van der Waals surface area contributed by atoms with Crippen molar-refractivity contribution in [1.29, 1.82) is 0 Å². The molecule has 1 fully saturated rings. The van der Waals surface area contributed by atoms with E-state index in [1.54, 1.807) is 5.38 Å². The van der Waals surface area contributed by atoms with Crippen LogP contribution in [0.25, 0.3) is 0 Å². The van der Waals surface area contributed by atoms with Crippen LogP contribution >= 0.6 is 11.3 Å². The molecule has 8 nitrogen and oxygen atoms in total. The Kier molecular flexibility index (Phi) is 8.35. The van der Waals surface area contributed by atoms with E-state index in [4.69, 9.17) is 8.61 Å². The van der Waals surface area contributed by atoms with E-state index in [9.17, 15) is 13.2 Å². The monoisotopic (exact) mass is 491 g/mol. The molecule has 1 aliphatic heterocycles. The SMILES string of the molecule is CC[C@H](C)[C@@H](CO[Si](C)(C)C(C)(C)C)NC(=O)c1csc(N2CC(OS(C)(=O)=O)C2)n1. The zero-order chi connectivity index (χ0) is 23.6. The summed E-state index contributed by atoms with van der Waals surface area (Å²) in [4.78, 5) is 19.2. The highest BCUT2D eigenvalue weighted by atomic mass is 32.2. The van der Waals surface area contributed by atoms with E-state index >= 15 is 0 Å². The molecule has 2 heterocycles. The normalized spacial score (nSPS) is 17.9. The van der Waals surface area contributed by atoms with Crippen LogP contribution in [0.2, 0.25) is 18.1 Å². The number of thiazole rings is 1. The number of nitrogens with one attached hydrogen (secondary N) is 1. The number of aromatic nitrogens is 1. The molecule has 0 aromatic carbocycles. The van der Waals surface area contributed by atoms with Gasteiger partial charge in [0.2, 0.25) is 0 Å². The standard InChI is InChI=1S/C20H37N3O5S2Si/c1-9-14(2)16(12-27-31(7,8)20(3,4)5)21-18(24)17-13-29-19(22-17)23-10-15(11-23)28-30(6,25)26/h13-16H,9-12H2,1-8H3,(H,21,24)/t14-,16+/m0/s1. The lowest BCUT2D eigenvalue weighted by atomic mass is 10.00. The fraction of sp³-hybridized carbons (Fsp3) is 0.800. The van der Waals surface area contributed by atoms with Crippen molar-refractivity contribution in [2.45, 2.75) is 71.3 Å². The van der Waals surface area contributed by atoms with Crippen molar-refractivity contribution in [1.82, 2.24) is 10.3 Å². The van der Waals surface area contributed by atoms with Gasteiger partial charge >= 0.3 is 0 Å². The van der Waals surface area contributed by atoms with Gasteiger partial charge < -0.3 is 14.6 Å². The summed E-state index contributed by atoms with van der Waals surface area (Å²) in [5, 5.41) is 5.65. The van der Waals surface area contributed by atoms with Gasteiger partial charge in [-0.15, -0.1) is 11.3 Å². The van der Waals surface area contributed by atoms with Gasteiger partial charge in [0, 0.05) is 18.5 Å². The molecule has 0 aliphatic carbocycles. The number of hydrogen-bond acceptors (Lipinski definition) is 8. The Bertz CT molecular complexity index is 860. The number of rotatable bonds is 10. The minimum atomic E-state index is -3.46. The molecular formula is C20H37N3O5S2Si. The first-order chi connectivity index (χ1) is 14.1. The Labute approximate surface area is 192 Å². The highest BCUT2D eigenvalue weighted by Crippen LogP contribution is 2.36. The molecule has 1 aromatic heterocycles. The molecule has 1 amide bonds. The predicted octanol–water partition coefficient (Wildman–Crippen LogP) is 3.47. The number of carbonyl (C=O) groups is 1. The molecule has 11 heteroatoms. The Morgan fingerprint density at radius 2 is 2.00 bits per heavy atom. The molecule has 0 unspecified atom stereocenters. The van der Waals surface area contributed by atoms with Crippen LogP contribution in [-0.2, 0) is 18.7 Å². The maximum Gasteiger partial charge on any atom is 0.271 e. The number of hydrogen-bond donors (Lipinski definition) is 1. The van der Waals surface area contributed by atoms with Crippen LogP contribution in [0.15, 0.2) is 5.38 Å². The van der Waals surface area contributed by atoms with Crippen LogP contribution < -0.4 is 10.2 Å². The summed E-state index contributed by atoms with van der Waals surface area (Å²) in [6.07, 6.45) is 1.62. The molecule has 0 bridgehead atoms. The molecule has 2 rings (SSSR count). The van der Waals surface area contributed by atoms with Gasteiger partial charge in [0.1, 0.15) is 11.8 Å². The molecule has 1 aromatic rings. The van der Waals surface area contributed by atoms with Gasteiger partial charge in [-0.2, -0.15) is 8.42 Å². The maximum atomic E-state index is 12.9. The first-order valence-corrected chi connectivity index (χ1v) is 16.3. The summed E-state index contributed by atoms with van der Waals surface area (Å²) in [7, 11) is -5.38. The van der Waals surface area contributed by atoms with Crippen molar-refractivity contribution in [3.05, 3.63) is 11.1 Å². The fourth-order valence-electron chi connectivity index (χ4n) is 2.81. The lowest BCUT2D eigenvalue weighted by molar-refractivity contribution is 0.0890. The quantitative estimate of drug-likeness (QED) is 0.395. The van der Waals surface area contributed by atoms with Crippen LogP contribution in [0.3, 0.4) is 0 Å². The second-order valence-corrected chi connectivity index (χ2v) is 17.1. The van der Waals surface area contributed by atoms with Crippen LogP contribution in [0.5, 0.6) is 0 Å². The van der Waals surface area contributed by atoms with Crippen LogP contribution in [0.1, 0.15) is 51.5 Å². The lowest BCUT2D eigenvalue weighted by Crippen LogP contribution is -2.53. The largest absolute Gasteiger partial charge is 0.415 e. The third-order valence-corrected chi connectivity index (χ3v) is 12.3. The summed E-state index contributed by atoms with van der Waals surface area (Å²) in [6.45, 7) is 16.6. The van der Waals surface area contributed by atoms with E-state index in [-0.39, 0.29) is 29.0 Å². The van der Waals surface area contributed by atoms with E-state index in [0.717, 1.165) is 12.7 Å². The maximum absolute atomic E-state index is 12.9. The molecule has 1 N–H and O–H groups in total. The number of carbonyl (C=O) groups excluding carboxylic acids is 1. The van der Waals surface area contributed by atoms with Gasteiger partial charge in [-0.1, -0.05) is 41.0 Å². The number of anilines is 1. The number of amides is 1. The summed E-state index contributed by atoms with van der Waals surface area (Å²) in [5.74, 6) is 0.0622. The van der Waals surface area contributed by atoms with Crippen molar-refractivity contribution in [2.24, 2.45) is 5.92 Å². The Morgan fingerprint density at radius 1 is 1.39 bits per heavy atom. The summed E-state index contributed by atoms with van der Waals surface area (Å²) in [6, 6.07) is -0.0895. The van der Waals surface area contributed by atoms with Gasteiger partial charge in [-0.3, -0.25) is 8.98 Å². The Morgan fingerprint density at radius 3 is 2.52 bits per heavy atom. The molecule has 2 atom stereocenters. The van der Waals surface area contributed by atoms with E-state index in [0.29, 0.717) is 30.5 Å². The average molecular weight is 492 g/mol. The summed E-state index contributed by atoms with van der Waals surface area (Å²) >= 11 is 1.37. The van der Waals surface area contributed by atoms with Gasteiger partial charge in [0.15, 0.2) is 13.4 Å². The van der Waals surface area contributed by atoms with Gasteiger partial charge in [-0.05, 0) is 24.1 Å². The van der Waals surface area contributed by atoms with E-state index in [2.05, 4.69) is 58.0 Å². The van der Waals surface area contributed by atoms with Gasteiger partial charge in [0.05, 0.1) is 18.9 Å². The first kappa shape index (κ1) is 26.2. The van der Waals surface area contributed by atoms with Crippen LogP contribution in [0, 0.1) is 5.92 Å². The minimum Gasteiger partial charge on any atom is -0.415 e. The van der Waals surface area contributed by atoms with Crippen molar-refractivity contribution in [2.75, 3.05) is 30.9 Å². The first-order valence-electron chi connectivity index (χ1n) is 10.7. The second-order valence-electron chi connectivity index (χ2n) is 9.88. The topological polar surface area (TPSA) is 97.8 Å². The molecule has 0 saturated carbocycles. The van der Waals surface area contributed by atoms with Crippen molar-refractivity contribution in [3.63, 3.8) is 0 Å². The Balaban J connectivity index is 1.97. The van der Waals surface area contributed by atoms with E-state index in [1.165, 1.54) is 11.3 Å². The Hall–Kier alpha value is -1.01. The molecular weight excluding hydrogens is 454 g/mol. The predicted molar refractivity (Wildman–Crippen MR) is 128 cm³/mol. The summed E-state index contributed by atoms with van der Waals surface area (Å²) in [5.41, 5.74) is 0.369. The smallest absolute Gasteiger partial charge is 0.271 e. The zero-order valence-corrected chi connectivity index (χ0v) is 22.5. The van der Waals surface area contributed by atoms with Crippen LogP contribution in [-0.4, -0.2) is 65.7 Å². The second kappa shape index (κ2) is 9.86. The molecule has 1 aliphatic rings. The molecule has 1 saturated heterocycles. The van der Waals surface area contributed by atoms with E-state index in [1.807, 2.05) is 4.90 Å². The van der Waals surface area contributed by atoms with Crippen molar-refractivity contribution in [3.8, 4) is 0 Å². The minimum absolute atomic E-state index is 0.0895. The number of nitrogens with zero attached hydrogens (tertiary/aromatic N) is 2. The fourth-order valence-corrected chi connectivity index (χ4v) is 5.28. The highest BCUT2D eigenvalue weighted by molar-refractivity contribution is 7.86. The third kappa shape index (κ3) is 7.24. The molecule has 0 spiro atoms. The van der Waals surface area contributed by atoms with Crippen LogP contribution in [0.4, 0.5) is 5.13 Å². The molecule has 0 radical (unpaired) electrons. The van der Waals surface area contributed by atoms with Crippen molar-refractivity contribution < 1.29 is 21.8 Å².